The van der Waals surface area contributed by atoms with E-state index in [1.807, 2.05) is 20.9 Å². The Hall–Kier alpha value is -1.45. The average Bonchev–Trinajstić information content (AvgIpc) is 2.28. The summed E-state index contributed by atoms with van der Waals surface area (Å²) in [5.74, 6) is 0. The summed E-state index contributed by atoms with van der Waals surface area (Å²) in [5, 5.41) is 4.22. The van der Waals surface area contributed by atoms with Gasteiger partial charge in [0.2, 0.25) is 0 Å². The van der Waals surface area contributed by atoms with Gasteiger partial charge in [-0.3, -0.25) is 0 Å². The number of aryl methyl sites for hydroxylation is 3. The molecule has 0 aromatic carbocycles. The fraction of sp³-hybridized carbons (Fsp3) is 0.375. The molecule has 0 spiro atoms. The van der Waals surface area contributed by atoms with E-state index in [-0.39, 0.29) is 0 Å². The first kappa shape index (κ1) is 7.21. The molecule has 0 fully saturated rings. The lowest BCUT2D eigenvalue weighted by Gasteiger charge is -1.93. The van der Waals surface area contributed by atoms with Gasteiger partial charge in [-0.2, -0.15) is 5.10 Å². The van der Waals surface area contributed by atoms with Crippen molar-refractivity contribution in [3.05, 3.63) is 17.6 Å². The zero-order valence-electron chi connectivity index (χ0n) is 7.37. The van der Waals surface area contributed by atoms with E-state index in [0.29, 0.717) is 0 Å². The molecule has 0 aliphatic rings. The van der Waals surface area contributed by atoms with Crippen LogP contribution in [0.15, 0.2) is 6.20 Å². The maximum Gasteiger partial charge on any atom is 0.177 e. The Morgan fingerprint density at radius 2 is 2.08 bits per heavy atom. The number of fused-ring (bicyclic) bond motifs is 1. The third-order valence-electron chi connectivity index (χ3n) is 1.82. The van der Waals surface area contributed by atoms with Gasteiger partial charge >= 0.3 is 0 Å². The SMILES string of the molecule is Cc1cnc2c(C)nn(C)c2n1. The first-order valence-corrected chi connectivity index (χ1v) is 3.81. The molecule has 2 aromatic heterocycles. The fourth-order valence-corrected chi connectivity index (χ4v) is 1.27. The van der Waals surface area contributed by atoms with E-state index in [1.54, 1.807) is 10.9 Å². The molecule has 0 saturated heterocycles. The summed E-state index contributed by atoms with van der Waals surface area (Å²) in [5.41, 5.74) is 3.60. The maximum atomic E-state index is 4.33. The third kappa shape index (κ3) is 0.879. The van der Waals surface area contributed by atoms with Gasteiger partial charge in [-0.1, -0.05) is 0 Å². The van der Waals surface area contributed by atoms with Gasteiger partial charge in [-0.15, -0.1) is 0 Å². The van der Waals surface area contributed by atoms with Crippen molar-refractivity contribution in [1.82, 2.24) is 19.7 Å². The Balaban J connectivity index is 2.90. The van der Waals surface area contributed by atoms with E-state index < -0.39 is 0 Å². The highest BCUT2D eigenvalue weighted by Gasteiger charge is 2.06. The molecule has 0 unspecified atom stereocenters. The van der Waals surface area contributed by atoms with Gasteiger partial charge < -0.3 is 0 Å². The molecule has 0 saturated carbocycles. The Morgan fingerprint density at radius 3 is 2.83 bits per heavy atom. The predicted octanol–water partition coefficient (Wildman–Crippen LogP) is 0.980. The Bertz CT molecular complexity index is 430. The number of hydrogen-bond acceptors (Lipinski definition) is 3. The molecule has 2 heterocycles. The second-order valence-electron chi connectivity index (χ2n) is 2.89. The molecule has 12 heavy (non-hydrogen) atoms. The lowest BCUT2D eigenvalue weighted by molar-refractivity contribution is 0.772. The van der Waals surface area contributed by atoms with Gasteiger partial charge in [0, 0.05) is 13.2 Å². The van der Waals surface area contributed by atoms with Gasteiger partial charge in [0.15, 0.2) is 5.65 Å². The second-order valence-corrected chi connectivity index (χ2v) is 2.89. The molecule has 0 radical (unpaired) electrons. The van der Waals surface area contributed by atoms with Crippen LogP contribution in [0.2, 0.25) is 0 Å². The van der Waals surface area contributed by atoms with Crippen LogP contribution in [0.3, 0.4) is 0 Å². The van der Waals surface area contributed by atoms with Crippen molar-refractivity contribution < 1.29 is 0 Å². The lowest BCUT2D eigenvalue weighted by Crippen LogP contribution is -1.93. The summed E-state index contributed by atoms with van der Waals surface area (Å²) < 4.78 is 1.75. The Labute approximate surface area is 70.3 Å². The molecule has 0 atom stereocenters. The lowest BCUT2D eigenvalue weighted by atomic mass is 10.4. The van der Waals surface area contributed by atoms with Crippen molar-refractivity contribution in [2.45, 2.75) is 13.8 Å². The van der Waals surface area contributed by atoms with E-state index in [2.05, 4.69) is 15.1 Å². The highest BCUT2D eigenvalue weighted by Crippen LogP contribution is 2.11. The number of aromatic nitrogens is 4. The molecule has 2 aromatic rings. The smallest absolute Gasteiger partial charge is 0.177 e. The highest BCUT2D eigenvalue weighted by molar-refractivity contribution is 5.72. The number of nitrogens with zero attached hydrogens (tertiary/aromatic N) is 4. The van der Waals surface area contributed by atoms with Crippen LogP contribution in [0.4, 0.5) is 0 Å². The van der Waals surface area contributed by atoms with Crippen molar-refractivity contribution in [3.63, 3.8) is 0 Å². The van der Waals surface area contributed by atoms with Crippen LogP contribution in [-0.4, -0.2) is 19.7 Å². The van der Waals surface area contributed by atoms with E-state index in [4.69, 9.17) is 0 Å². The molecule has 0 N–H and O–H groups in total. The predicted molar refractivity (Wildman–Crippen MR) is 45.8 cm³/mol. The summed E-state index contributed by atoms with van der Waals surface area (Å²) in [6.07, 6.45) is 1.76. The molecule has 62 valence electrons. The average molecular weight is 162 g/mol. The van der Waals surface area contributed by atoms with Crippen LogP contribution in [0.1, 0.15) is 11.4 Å². The van der Waals surface area contributed by atoms with Crippen LogP contribution in [0.5, 0.6) is 0 Å². The first-order chi connectivity index (χ1) is 5.68. The van der Waals surface area contributed by atoms with Crippen molar-refractivity contribution >= 4 is 11.2 Å². The Morgan fingerprint density at radius 1 is 1.33 bits per heavy atom. The highest BCUT2D eigenvalue weighted by atomic mass is 15.3. The monoisotopic (exact) mass is 162 g/mol. The minimum Gasteiger partial charge on any atom is -0.249 e. The topological polar surface area (TPSA) is 43.6 Å². The van der Waals surface area contributed by atoms with Crippen molar-refractivity contribution in [2.75, 3.05) is 0 Å². The molecule has 0 amide bonds. The van der Waals surface area contributed by atoms with Crippen molar-refractivity contribution in [3.8, 4) is 0 Å². The molecule has 0 aliphatic heterocycles. The van der Waals surface area contributed by atoms with Crippen LogP contribution < -0.4 is 0 Å². The minimum atomic E-state index is 0.854. The summed E-state index contributed by atoms with van der Waals surface area (Å²) in [4.78, 5) is 8.59. The molecule has 2 rings (SSSR count). The third-order valence-corrected chi connectivity index (χ3v) is 1.82. The normalized spacial score (nSPS) is 10.9. The van der Waals surface area contributed by atoms with Gasteiger partial charge in [0.1, 0.15) is 5.52 Å². The molecule has 4 heteroatoms. The van der Waals surface area contributed by atoms with Crippen LogP contribution >= 0.6 is 0 Å². The zero-order valence-corrected chi connectivity index (χ0v) is 7.37. The number of rotatable bonds is 0. The van der Waals surface area contributed by atoms with E-state index >= 15 is 0 Å². The van der Waals surface area contributed by atoms with Crippen LogP contribution in [-0.2, 0) is 7.05 Å². The van der Waals surface area contributed by atoms with Crippen molar-refractivity contribution in [2.24, 2.45) is 7.05 Å². The molecule has 0 bridgehead atoms. The van der Waals surface area contributed by atoms with Gasteiger partial charge in [0.05, 0.1) is 11.4 Å². The molecule has 4 nitrogen and oxygen atoms in total. The zero-order chi connectivity index (χ0) is 8.72. The molecular weight excluding hydrogens is 152 g/mol. The second kappa shape index (κ2) is 2.27. The molecular formula is C8H10N4. The molecule has 0 aliphatic carbocycles. The van der Waals surface area contributed by atoms with Crippen LogP contribution in [0, 0.1) is 13.8 Å². The van der Waals surface area contributed by atoms with E-state index in [0.717, 1.165) is 22.6 Å². The standard InChI is InChI=1S/C8H10N4/c1-5-4-9-7-6(2)11-12(3)8(7)10-5/h4H,1-3H3. The van der Waals surface area contributed by atoms with E-state index in [9.17, 15) is 0 Å². The maximum absolute atomic E-state index is 4.33. The summed E-state index contributed by atoms with van der Waals surface area (Å²) in [7, 11) is 1.88. The first-order valence-electron chi connectivity index (χ1n) is 3.81. The number of hydrogen-bond donors (Lipinski definition) is 0. The summed E-state index contributed by atoms with van der Waals surface area (Å²) in [6.45, 7) is 3.86. The summed E-state index contributed by atoms with van der Waals surface area (Å²) in [6, 6.07) is 0. The minimum absolute atomic E-state index is 0.854. The van der Waals surface area contributed by atoms with Crippen LogP contribution in [0.25, 0.3) is 11.2 Å². The van der Waals surface area contributed by atoms with Gasteiger partial charge in [-0.05, 0) is 13.8 Å². The largest absolute Gasteiger partial charge is 0.249 e. The Kier molecular flexibility index (Phi) is 1.36. The van der Waals surface area contributed by atoms with Crippen molar-refractivity contribution in [1.29, 1.82) is 0 Å². The van der Waals surface area contributed by atoms with Gasteiger partial charge in [0.25, 0.3) is 0 Å². The van der Waals surface area contributed by atoms with Gasteiger partial charge in [-0.25, -0.2) is 14.6 Å². The quantitative estimate of drug-likeness (QED) is 0.580. The van der Waals surface area contributed by atoms with E-state index in [1.165, 1.54) is 0 Å². The fourth-order valence-electron chi connectivity index (χ4n) is 1.27. The summed E-state index contributed by atoms with van der Waals surface area (Å²) >= 11 is 0.